The van der Waals surface area contributed by atoms with E-state index in [0.29, 0.717) is 18.3 Å². The Morgan fingerprint density at radius 2 is 2.50 bits per heavy atom. The van der Waals surface area contributed by atoms with E-state index in [1.54, 1.807) is 24.1 Å². The highest BCUT2D eigenvalue weighted by atomic mass is 16.5. The highest BCUT2D eigenvalue weighted by Crippen LogP contribution is 2.15. The maximum absolute atomic E-state index is 11.8. The van der Waals surface area contributed by atoms with Crippen molar-refractivity contribution in [3.63, 3.8) is 0 Å². The molecule has 0 spiro atoms. The van der Waals surface area contributed by atoms with Crippen LogP contribution in [0.4, 0.5) is 5.82 Å². The topological polar surface area (TPSA) is 59.4 Å². The summed E-state index contributed by atoms with van der Waals surface area (Å²) in [6.45, 7) is 3.10. The van der Waals surface area contributed by atoms with Crippen molar-refractivity contribution in [1.29, 1.82) is 0 Å². The number of carbonyl (C=O) groups is 1. The largest absolute Gasteiger partial charge is 0.384 e. The average molecular weight is 252 g/mol. The molecule has 6 nitrogen and oxygen atoms in total. The molecule has 0 aromatic carbocycles. The predicted molar refractivity (Wildman–Crippen MR) is 68.3 cm³/mol. The molecule has 0 unspecified atom stereocenters. The molecule has 1 saturated heterocycles. The molecule has 1 aliphatic heterocycles. The number of methoxy groups -OCH3 is 1. The van der Waals surface area contributed by atoms with Crippen LogP contribution in [0.25, 0.3) is 0 Å². The number of aromatic nitrogens is 2. The van der Waals surface area contributed by atoms with E-state index in [2.05, 4.69) is 15.3 Å². The van der Waals surface area contributed by atoms with Crippen LogP contribution >= 0.6 is 0 Å². The molecule has 6 heteroatoms. The third kappa shape index (κ3) is 3.54. The fraction of sp³-hybridized carbons (Fsp3) is 0.667. The molecule has 0 radical (unpaired) electrons. The number of hydrogen-bond donors (Lipinski definition) is 1. The summed E-state index contributed by atoms with van der Waals surface area (Å²) in [5.74, 6) is 1.15. The van der Waals surface area contributed by atoms with Gasteiger partial charge in [0.1, 0.15) is 0 Å². The van der Waals surface area contributed by atoms with Gasteiger partial charge in [0.25, 0.3) is 0 Å². The summed E-state index contributed by atoms with van der Waals surface area (Å²) in [7, 11) is 3.54. The lowest BCUT2D eigenvalue weighted by Gasteiger charge is -2.14. The van der Waals surface area contributed by atoms with Crippen LogP contribution < -0.4 is 5.32 Å². The fourth-order valence-corrected chi connectivity index (χ4v) is 2.30. The molecule has 0 bridgehead atoms. The van der Waals surface area contributed by atoms with Crippen LogP contribution in [-0.2, 0) is 16.6 Å². The normalized spacial score (nSPS) is 20.2. The van der Waals surface area contributed by atoms with Crippen molar-refractivity contribution in [2.75, 3.05) is 38.7 Å². The molecule has 0 saturated carbocycles. The third-order valence-electron chi connectivity index (χ3n) is 3.12. The van der Waals surface area contributed by atoms with E-state index in [1.807, 2.05) is 7.05 Å². The minimum Gasteiger partial charge on any atom is -0.384 e. The van der Waals surface area contributed by atoms with Gasteiger partial charge in [-0.05, 0) is 18.9 Å². The zero-order chi connectivity index (χ0) is 13.0. The van der Waals surface area contributed by atoms with E-state index in [9.17, 15) is 4.79 Å². The van der Waals surface area contributed by atoms with E-state index in [0.717, 1.165) is 26.1 Å². The Hall–Kier alpha value is -1.40. The van der Waals surface area contributed by atoms with E-state index < -0.39 is 0 Å². The minimum absolute atomic E-state index is 0.00762. The highest BCUT2D eigenvalue weighted by Gasteiger charge is 2.23. The first-order valence-electron chi connectivity index (χ1n) is 6.18. The Morgan fingerprint density at radius 3 is 3.17 bits per heavy atom. The third-order valence-corrected chi connectivity index (χ3v) is 3.12. The van der Waals surface area contributed by atoms with Crippen molar-refractivity contribution in [3.8, 4) is 0 Å². The van der Waals surface area contributed by atoms with Gasteiger partial charge in [-0.1, -0.05) is 0 Å². The Kier molecular flexibility index (Phi) is 4.33. The number of hydrogen-bond acceptors (Lipinski definition) is 4. The van der Waals surface area contributed by atoms with Crippen molar-refractivity contribution < 1.29 is 9.53 Å². The van der Waals surface area contributed by atoms with Crippen LogP contribution in [0, 0.1) is 5.92 Å². The minimum atomic E-state index is -0.00762. The van der Waals surface area contributed by atoms with E-state index in [1.165, 1.54) is 0 Å². The number of carbonyl (C=O) groups excluding carboxylic acids is 1. The molecule has 1 amide bonds. The lowest BCUT2D eigenvalue weighted by atomic mass is 10.1. The lowest BCUT2D eigenvalue weighted by molar-refractivity contribution is -0.117. The summed E-state index contributed by atoms with van der Waals surface area (Å²) in [5, 5.41) is 6.91. The number of likely N-dealkylation sites (tertiary alicyclic amines) is 1. The molecule has 1 aromatic heterocycles. The Labute approximate surface area is 107 Å². The molecule has 1 fully saturated rings. The number of aryl methyl sites for hydroxylation is 1. The molecular formula is C12H20N4O2. The van der Waals surface area contributed by atoms with Crippen LogP contribution in [-0.4, -0.2) is 53.9 Å². The molecule has 18 heavy (non-hydrogen) atoms. The molecule has 1 atom stereocenters. The number of anilines is 1. The number of rotatable bonds is 5. The molecule has 1 N–H and O–H groups in total. The van der Waals surface area contributed by atoms with Gasteiger partial charge in [-0.3, -0.25) is 14.4 Å². The van der Waals surface area contributed by atoms with E-state index in [4.69, 9.17) is 4.74 Å². The van der Waals surface area contributed by atoms with Gasteiger partial charge in [0.2, 0.25) is 5.91 Å². The van der Waals surface area contributed by atoms with Gasteiger partial charge in [0.05, 0.1) is 13.2 Å². The molecule has 2 rings (SSSR count). The summed E-state index contributed by atoms with van der Waals surface area (Å²) in [4.78, 5) is 14.0. The maximum Gasteiger partial charge on any atom is 0.239 e. The van der Waals surface area contributed by atoms with Crippen LogP contribution in [0.5, 0.6) is 0 Å². The zero-order valence-corrected chi connectivity index (χ0v) is 10.9. The predicted octanol–water partition coefficient (Wildman–Crippen LogP) is 0.327. The molecule has 0 aliphatic carbocycles. The van der Waals surface area contributed by atoms with Crippen LogP contribution in [0.15, 0.2) is 12.3 Å². The van der Waals surface area contributed by atoms with Gasteiger partial charge in [-0.15, -0.1) is 0 Å². The monoisotopic (exact) mass is 252 g/mol. The van der Waals surface area contributed by atoms with Gasteiger partial charge in [0.15, 0.2) is 5.82 Å². The standard InChI is InChI=1S/C12H20N4O2/c1-15-5-4-11(14-15)13-12(17)8-16-6-3-10(7-16)9-18-2/h4-5,10H,3,6-9H2,1-2H3,(H,13,14,17)/t10-/m0/s1. The number of amides is 1. The van der Waals surface area contributed by atoms with Gasteiger partial charge in [0, 0.05) is 33.0 Å². The summed E-state index contributed by atoms with van der Waals surface area (Å²) in [5.41, 5.74) is 0. The summed E-state index contributed by atoms with van der Waals surface area (Å²) in [6, 6.07) is 1.79. The quantitative estimate of drug-likeness (QED) is 0.820. The Balaban J connectivity index is 1.75. The van der Waals surface area contributed by atoms with Crippen LogP contribution in [0.2, 0.25) is 0 Å². The maximum atomic E-state index is 11.8. The highest BCUT2D eigenvalue weighted by molar-refractivity contribution is 5.91. The Morgan fingerprint density at radius 1 is 1.67 bits per heavy atom. The second kappa shape index (κ2) is 5.97. The summed E-state index contributed by atoms with van der Waals surface area (Å²) in [6.07, 6.45) is 2.91. The van der Waals surface area contributed by atoms with Crippen LogP contribution in [0.3, 0.4) is 0 Å². The fourth-order valence-electron chi connectivity index (χ4n) is 2.30. The molecule has 100 valence electrons. The second-order valence-corrected chi connectivity index (χ2v) is 4.77. The average Bonchev–Trinajstić information content (AvgIpc) is 2.89. The van der Waals surface area contributed by atoms with Crippen molar-refractivity contribution >= 4 is 11.7 Å². The first-order chi connectivity index (χ1) is 8.67. The van der Waals surface area contributed by atoms with E-state index >= 15 is 0 Å². The Bertz CT molecular complexity index is 405. The van der Waals surface area contributed by atoms with Crippen molar-refractivity contribution in [3.05, 3.63) is 12.3 Å². The van der Waals surface area contributed by atoms with E-state index in [-0.39, 0.29) is 5.91 Å². The van der Waals surface area contributed by atoms with Crippen LogP contribution in [0.1, 0.15) is 6.42 Å². The van der Waals surface area contributed by atoms with Crippen molar-refractivity contribution in [1.82, 2.24) is 14.7 Å². The molecule has 2 heterocycles. The lowest BCUT2D eigenvalue weighted by Crippen LogP contribution is -2.32. The first-order valence-corrected chi connectivity index (χ1v) is 6.18. The SMILES string of the molecule is COC[C@H]1CCN(CC(=O)Nc2ccn(C)n2)C1. The molecule has 1 aromatic rings. The summed E-state index contributed by atoms with van der Waals surface area (Å²) < 4.78 is 6.80. The van der Waals surface area contributed by atoms with Crippen molar-refractivity contribution in [2.45, 2.75) is 6.42 Å². The zero-order valence-electron chi connectivity index (χ0n) is 10.9. The summed E-state index contributed by atoms with van der Waals surface area (Å²) >= 11 is 0. The number of ether oxygens (including phenoxy) is 1. The van der Waals surface area contributed by atoms with Gasteiger partial charge < -0.3 is 10.1 Å². The van der Waals surface area contributed by atoms with Gasteiger partial charge in [-0.25, -0.2) is 0 Å². The smallest absolute Gasteiger partial charge is 0.239 e. The molecular weight excluding hydrogens is 232 g/mol. The van der Waals surface area contributed by atoms with Gasteiger partial charge >= 0.3 is 0 Å². The molecule has 1 aliphatic rings. The first kappa shape index (κ1) is 13.0. The van der Waals surface area contributed by atoms with Gasteiger partial charge in [-0.2, -0.15) is 5.10 Å². The number of nitrogens with one attached hydrogen (secondary N) is 1. The van der Waals surface area contributed by atoms with Crippen molar-refractivity contribution in [2.24, 2.45) is 13.0 Å². The second-order valence-electron chi connectivity index (χ2n) is 4.77. The number of nitrogens with zero attached hydrogens (tertiary/aromatic N) is 3.